The molecule has 0 atom stereocenters. The SMILES string of the molecule is CCCCCCCCCCCCCCCCCc1n(CCCCCCCCCCCCCCCC)cc[n+]1CCCCCC. The molecule has 0 unspecified atom stereocenters. The standard InChI is InChI=1S/C42H83N2/c1-4-7-10-13-15-17-19-21-23-24-26-28-30-32-34-37-42-43(38-35-12-9-6-3)40-41-44(42)39-36-33-31-29-27-25-22-20-18-16-14-11-8-5-2/h40-41H,4-39H2,1-3H3/q+1. The lowest BCUT2D eigenvalue weighted by Crippen LogP contribution is -2.37. The van der Waals surface area contributed by atoms with Gasteiger partial charge in [-0.2, -0.15) is 0 Å². The zero-order valence-corrected chi connectivity index (χ0v) is 31.0. The van der Waals surface area contributed by atoms with Crippen LogP contribution in [0.15, 0.2) is 12.4 Å². The molecule has 2 heteroatoms. The normalized spacial score (nSPS) is 11.6. The van der Waals surface area contributed by atoms with Crippen LogP contribution < -0.4 is 4.57 Å². The van der Waals surface area contributed by atoms with Crippen LogP contribution in [0.3, 0.4) is 0 Å². The molecule has 1 rings (SSSR count). The van der Waals surface area contributed by atoms with E-state index in [2.05, 4.69) is 42.3 Å². The summed E-state index contributed by atoms with van der Waals surface area (Å²) in [5.74, 6) is 1.62. The molecule has 1 aromatic heterocycles. The summed E-state index contributed by atoms with van der Waals surface area (Å²) in [5, 5.41) is 0. The summed E-state index contributed by atoms with van der Waals surface area (Å²) in [7, 11) is 0. The van der Waals surface area contributed by atoms with E-state index in [1.165, 1.54) is 231 Å². The molecule has 0 saturated heterocycles. The second-order valence-electron chi connectivity index (χ2n) is 14.5. The second-order valence-corrected chi connectivity index (χ2v) is 14.5. The molecule has 0 aromatic carbocycles. The zero-order chi connectivity index (χ0) is 31.6. The van der Waals surface area contributed by atoms with Crippen molar-refractivity contribution < 1.29 is 4.57 Å². The molecule has 0 radical (unpaired) electrons. The van der Waals surface area contributed by atoms with Gasteiger partial charge in [-0.3, -0.25) is 0 Å². The molecule has 0 spiro atoms. The Hall–Kier alpha value is -0.790. The topological polar surface area (TPSA) is 8.81 Å². The highest BCUT2D eigenvalue weighted by molar-refractivity contribution is 4.84. The van der Waals surface area contributed by atoms with Crippen molar-refractivity contribution in [2.75, 3.05) is 0 Å². The van der Waals surface area contributed by atoms with E-state index in [1.54, 1.807) is 5.82 Å². The maximum Gasteiger partial charge on any atom is 0.256 e. The van der Waals surface area contributed by atoms with E-state index >= 15 is 0 Å². The van der Waals surface area contributed by atoms with Crippen LogP contribution in [0.25, 0.3) is 0 Å². The first-order valence-electron chi connectivity index (χ1n) is 20.9. The number of unbranched alkanes of at least 4 members (excludes halogenated alkanes) is 30. The molecular formula is C42H83N2+. The summed E-state index contributed by atoms with van der Waals surface area (Å²) in [4.78, 5) is 0. The fourth-order valence-electron chi connectivity index (χ4n) is 7.03. The predicted molar refractivity (Wildman–Crippen MR) is 198 cm³/mol. The number of hydrogen-bond donors (Lipinski definition) is 0. The molecule has 44 heavy (non-hydrogen) atoms. The Kier molecular flexibility index (Phi) is 31.5. The number of imidazole rings is 1. The van der Waals surface area contributed by atoms with E-state index in [9.17, 15) is 0 Å². The summed E-state index contributed by atoms with van der Waals surface area (Å²) >= 11 is 0. The maximum absolute atomic E-state index is 2.63. The molecular weight excluding hydrogens is 532 g/mol. The average Bonchev–Trinajstić information content (AvgIpc) is 3.42. The number of aryl methyl sites for hydroxylation is 2. The Balaban J connectivity index is 2.15. The van der Waals surface area contributed by atoms with Gasteiger partial charge in [0.1, 0.15) is 12.4 Å². The minimum atomic E-state index is 1.22. The van der Waals surface area contributed by atoms with Crippen LogP contribution in [0.2, 0.25) is 0 Å². The fourth-order valence-corrected chi connectivity index (χ4v) is 7.03. The van der Waals surface area contributed by atoms with Crippen molar-refractivity contribution in [3.8, 4) is 0 Å². The quantitative estimate of drug-likeness (QED) is 0.0524. The molecule has 0 aliphatic heterocycles. The van der Waals surface area contributed by atoms with Gasteiger partial charge in [-0.1, -0.05) is 201 Å². The molecule has 0 aliphatic carbocycles. The highest BCUT2D eigenvalue weighted by Crippen LogP contribution is 2.16. The van der Waals surface area contributed by atoms with Gasteiger partial charge in [0.05, 0.1) is 13.1 Å². The first-order valence-corrected chi connectivity index (χ1v) is 20.9. The van der Waals surface area contributed by atoms with Crippen molar-refractivity contribution in [1.82, 2.24) is 4.57 Å². The lowest BCUT2D eigenvalue weighted by atomic mass is 10.0. The fraction of sp³-hybridized carbons (Fsp3) is 0.929. The van der Waals surface area contributed by atoms with Crippen LogP contribution in [0.4, 0.5) is 0 Å². The second kappa shape index (κ2) is 33.6. The number of aromatic nitrogens is 2. The highest BCUT2D eigenvalue weighted by atomic mass is 15.1. The predicted octanol–water partition coefficient (Wildman–Crippen LogP) is 14.3. The molecule has 1 aromatic rings. The van der Waals surface area contributed by atoms with Gasteiger partial charge >= 0.3 is 0 Å². The van der Waals surface area contributed by atoms with E-state index < -0.39 is 0 Å². The van der Waals surface area contributed by atoms with Crippen molar-refractivity contribution in [2.24, 2.45) is 0 Å². The Morgan fingerprint density at radius 3 is 1.09 bits per heavy atom. The minimum Gasteiger partial charge on any atom is -0.234 e. The molecule has 0 N–H and O–H groups in total. The summed E-state index contributed by atoms with van der Waals surface area (Å²) in [6.45, 7) is 9.40. The minimum absolute atomic E-state index is 1.22. The maximum atomic E-state index is 2.63. The molecule has 0 amide bonds. The molecule has 2 nitrogen and oxygen atoms in total. The third-order valence-corrected chi connectivity index (χ3v) is 10.1. The van der Waals surface area contributed by atoms with Crippen LogP contribution >= 0.6 is 0 Å². The first kappa shape index (κ1) is 41.2. The summed E-state index contributed by atoms with van der Waals surface area (Å²) in [6.07, 6.45) is 53.4. The van der Waals surface area contributed by atoms with Gasteiger partial charge in [0, 0.05) is 6.42 Å². The van der Waals surface area contributed by atoms with E-state index in [0.29, 0.717) is 0 Å². The zero-order valence-electron chi connectivity index (χ0n) is 31.0. The van der Waals surface area contributed by atoms with E-state index in [1.807, 2.05) is 0 Å². The summed E-state index contributed by atoms with van der Waals surface area (Å²) in [6, 6.07) is 0. The van der Waals surface area contributed by atoms with Gasteiger partial charge in [-0.15, -0.1) is 0 Å². The Labute approximate surface area is 279 Å². The van der Waals surface area contributed by atoms with E-state index in [0.717, 1.165) is 0 Å². The summed E-state index contributed by atoms with van der Waals surface area (Å²) in [5.41, 5.74) is 0. The van der Waals surface area contributed by atoms with Crippen molar-refractivity contribution in [2.45, 2.75) is 252 Å². The molecule has 0 saturated carbocycles. The van der Waals surface area contributed by atoms with Crippen LogP contribution in [-0.4, -0.2) is 4.57 Å². The number of hydrogen-bond acceptors (Lipinski definition) is 0. The van der Waals surface area contributed by atoms with Crippen LogP contribution in [0.5, 0.6) is 0 Å². The number of nitrogens with zero attached hydrogens (tertiary/aromatic N) is 2. The third kappa shape index (κ3) is 25.4. The molecule has 1 heterocycles. The van der Waals surface area contributed by atoms with Crippen molar-refractivity contribution in [3.63, 3.8) is 0 Å². The smallest absolute Gasteiger partial charge is 0.234 e. The van der Waals surface area contributed by atoms with Crippen LogP contribution in [-0.2, 0) is 19.5 Å². The van der Waals surface area contributed by atoms with Crippen LogP contribution in [0, 0.1) is 0 Å². The molecule has 0 fully saturated rings. The van der Waals surface area contributed by atoms with Crippen molar-refractivity contribution in [1.29, 1.82) is 0 Å². The van der Waals surface area contributed by atoms with E-state index in [4.69, 9.17) is 0 Å². The van der Waals surface area contributed by atoms with Gasteiger partial charge in [-0.05, 0) is 32.1 Å². The number of rotatable bonds is 36. The summed E-state index contributed by atoms with van der Waals surface area (Å²) < 4.78 is 5.24. The van der Waals surface area contributed by atoms with E-state index in [-0.39, 0.29) is 0 Å². The van der Waals surface area contributed by atoms with Crippen molar-refractivity contribution >= 4 is 0 Å². The van der Waals surface area contributed by atoms with Crippen molar-refractivity contribution in [3.05, 3.63) is 18.2 Å². The monoisotopic (exact) mass is 616 g/mol. The molecule has 0 bridgehead atoms. The largest absolute Gasteiger partial charge is 0.256 e. The van der Waals surface area contributed by atoms with Gasteiger partial charge in [-0.25, -0.2) is 9.13 Å². The van der Waals surface area contributed by atoms with Gasteiger partial charge in [0.2, 0.25) is 0 Å². The lowest BCUT2D eigenvalue weighted by molar-refractivity contribution is -0.704. The van der Waals surface area contributed by atoms with Gasteiger partial charge in [0.25, 0.3) is 5.82 Å². The molecule has 260 valence electrons. The highest BCUT2D eigenvalue weighted by Gasteiger charge is 2.16. The van der Waals surface area contributed by atoms with Crippen LogP contribution in [0.1, 0.15) is 238 Å². The van der Waals surface area contributed by atoms with Gasteiger partial charge in [0.15, 0.2) is 0 Å². The van der Waals surface area contributed by atoms with Gasteiger partial charge < -0.3 is 0 Å². The third-order valence-electron chi connectivity index (χ3n) is 10.1. The lowest BCUT2D eigenvalue weighted by Gasteiger charge is -2.07. The average molecular weight is 616 g/mol. The Bertz CT molecular complexity index is 677. The Morgan fingerprint density at radius 2 is 0.705 bits per heavy atom. The Morgan fingerprint density at radius 1 is 0.386 bits per heavy atom. The first-order chi connectivity index (χ1) is 21.8. The molecule has 0 aliphatic rings.